The van der Waals surface area contributed by atoms with E-state index in [2.05, 4.69) is 5.32 Å². The highest BCUT2D eigenvalue weighted by atomic mass is 32.2. The third kappa shape index (κ3) is 3.06. The molecule has 0 spiro atoms. The topological polar surface area (TPSA) is 70.0 Å². The fraction of sp³-hybridized carbons (Fsp3) is 0.214. The van der Waals surface area contributed by atoms with Crippen LogP contribution in [0.1, 0.15) is 12.5 Å². The van der Waals surface area contributed by atoms with Gasteiger partial charge in [-0.15, -0.1) is 0 Å². The van der Waals surface area contributed by atoms with Gasteiger partial charge in [0.2, 0.25) is 5.91 Å². The number of nitrogens with zero attached hydrogens (tertiary/aromatic N) is 1. The molecule has 1 heterocycles. The molecule has 0 radical (unpaired) electrons. The molecule has 1 saturated heterocycles. The molecule has 1 amide bonds. The Morgan fingerprint density at radius 1 is 1.45 bits per heavy atom. The highest BCUT2D eigenvalue weighted by Gasteiger charge is 2.32. The molecule has 1 aliphatic heterocycles. The predicted molar refractivity (Wildman–Crippen MR) is 72.9 cm³/mol. The van der Waals surface area contributed by atoms with E-state index >= 15 is 0 Å². The van der Waals surface area contributed by atoms with Crippen molar-refractivity contribution in [2.75, 3.05) is 0 Å². The maximum atomic E-state index is 12.8. The van der Waals surface area contributed by atoms with Crippen molar-refractivity contribution >= 4 is 23.5 Å². The van der Waals surface area contributed by atoms with Crippen molar-refractivity contribution in [2.45, 2.75) is 18.6 Å². The minimum Gasteiger partial charge on any atom is -0.318 e. The third-order valence-corrected chi connectivity index (χ3v) is 4.02. The van der Waals surface area contributed by atoms with Gasteiger partial charge in [-0.3, -0.25) is 9.59 Å². The van der Waals surface area contributed by atoms with Crippen LogP contribution in [-0.2, 0) is 16.0 Å². The first-order valence-electron chi connectivity index (χ1n) is 5.88. The second-order valence-electron chi connectivity index (χ2n) is 4.30. The fourth-order valence-corrected chi connectivity index (χ4v) is 2.99. The number of rotatable bonds is 3. The van der Waals surface area contributed by atoms with Gasteiger partial charge in [0.25, 0.3) is 0 Å². The summed E-state index contributed by atoms with van der Waals surface area (Å²) in [5.41, 5.74) is 0.784. The molecule has 0 saturated carbocycles. The molecule has 0 unspecified atom stereocenters. The van der Waals surface area contributed by atoms with Crippen molar-refractivity contribution in [3.8, 4) is 6.07 Å². The van der Waals surface area contributed by atoms with Crippen molar-refractivity contribution in [3.05, 3.63) is 46.2 Å². The Kier molecular flexibility index (Phi) is 4.20. The number of amides is 1. The first-order chi connectivity index (χ1) is 9.51. The molecule has 1 fully saturated rings. The average Bonchev–Trinajstić information content (AvgIpc) is 2.74. The van der Waals surface area contributed by atoms with Gasteiger partial charge in [-0.25, -0.2) is 4.39 Å². The van der Waals surface area contributed by atoms with Gasteiger partial charge < -0.3 is 5.32 Å². The largest absolute Gasteiger partial charge is 0.318 e. The van der Waals surface area contributed by atoms with E-state index in [1.165, 1.54) is 19.1 Å². The molecular formula is C14H11FN2O2S. The molecule has 6 heteroatoms. The SMILES string of the molecule is CC(=O)/C(C#N)=C1/NC(=O)[C@H](Cc2ccc(F)cc2)S1. The summed E-state index contributed by atoms with van der Waals surface area (Å²) in [4.78, 5) is 23.1. The predicted octanol–water partition coefficient (Wildman–Crippen LogP) is 1.92. The summed E-state index contributed by atoms with van der Waals surface area (Å²) in [5, 5.41) is 11.4. The quantitative estimate of drug-likeness (QED) is 0.682. The van der Waals surface area contributed by atoms with Gasteiger partial charge in [-0.1, -0.05) is 23.9 Å². The lowest BCUT2D eigenvalue weighted by Crippen LogP contribution is -2.24. The van der Waals surface area contributed by atoms with Crippen molar-refractivity contribution in [1.29, 1.82) is 5.26 Å². The maximum absolute atomic E-state index is 12.8. The Balaban J connectivity index is 2.16. The number of thioether (sulfide) groups is 1. The van der Waals surface area contributed by atoms with Crippen molar-refractivity contribution in [1.82, 2.24) is 5.32 Å². The number of carbonyl (C=O) groups excluding carboxylic acids is 2. The second kappa shape index (κ2) is 5.88. The Labute approximate surface area is 119 Å². The number of halogens is 1. The number of carbonyl (C=O) groups is 2. The van der Waals surface area contributed by atoms with Gasteiger partial charge in [0.05, 0.1) is 10.3 Å². The molecule has 0 bridgehead atoms. The number of hydrogen-bond acceptors (Lipinski definition) is 4. The van der Waals surface area contributed by atoms with E-state index < -0.39 is 5.25 Å². The van der Waals surface area contributed by atoms with E-state index in [0.29, 0.717) is 11.4 Å². The van der Waals surface area contributed by atoms with Gasteiger partial charge in [-0.2, -0.15) is 5.26 Å². The summed E-state index contributed by atoms with van der Waals surface area (Å²) in [6.07, 6.45) is 0.414. The molecule has 0 aliphatic carbocycles. The molecule has 102 valence electrons. The molecular weight excluding hydrogens is 279 g/mol. The van der Waals surface area contributed by atoms with Crippen LogP contribution in [0.15, 0.2) is 34.9 Å². The number of nitrogens with one attached hydrogen (secondary N) is 1. The number of nitriles is 1. The molecule has 1 N–H and O–H groups in total. The van der Waals surface area contributed by atoms with Crippen LogP contribution < -0.4 is 5.32 Å². The monoisotopic (exact) mass is 290 g/mol. The smallest absolute Gasteiger partial charge is 0.238 e. The van der Waals surface area contributed by atoms with Crippen molar-refractivity contribution in [2.24, 2.45) is 0 Å². The summed E-state index contributed by atoms with van der Waals surface area (Å²) in [6.45, 7) is 1.28. The number of allylic oxidation sites excluding steroid dienone is 1. The number of Topliss-reactive ketones (excluding diaryl/α,β-unsaturated/α-hetero) is 1. The number of benzene rings is 1. The van der Waals surface area contributed by atoms with Crippen molar-refractivity contribution < 1.29 is 14.0 Å². The zero-order valence-corrected chi connectivity index (χ0v) is 11.5. The van der Waals surface area contributed by atoms with Gasteiger partial charge in [0, 0.05) is 0 Å². The van der Waals surface area contributed by atoms with Gasteiger partial charge in [-0.05, 0) is 31.0 Å². The first-order valence-corrected chi connectivity index (χ1v) is 6.76. The lowest BCUT2D eigenvalue weighted by molar-refractivity contribution is -0.119. The lowest BCUT2D eigenvalue weighted by Gasteiger charge is -2.05. The van der Waals surface area contributed by atoms with Crippen LogP contribution in [0.5, 0.6) is 0 Å². The molecule has 2 rings (SSSR count). The average molecular weight is 290 g/mol. The minimum absolute atomic E-state index is 0.0371. The van der Waals surface area contributed by atoms with Crippen LogP contribution in [0, 0.1) is 17.1 Å². The summed E-state index contributed by atoms with van der Waals surface area (Å²) in [7, 11) is 0. The molecule has 20 heavy (non-hydrogen) atoms. The molecule has 1 aliphatic rings. The standard InChI is InChI=1S/C14H11FN2O2S/c1-8(18)11(7-16)14-17-13(19)12(20-14)6-9-2-4-10(15)5-3-9/h2-5,12H,6H2,1H3,(H,17,19)/b14-11-/t12-/m0/s1. The molecule has 1 aromatic rings. The third-order valence-electron chi connectivity index (χ3n) is 2.81. The normalized spacial score (nSPS) is 20.2. The Morgan fingerprint density at radius 3 is 2.65 bits per heavy atom. The van der Waals surface area contributed by atoms with Crippen LogP contribution in [0.2, 0.25) is 0 Å². The summed E-state index contributed by atoms with van der Waals surface area (Å²) >= 11 is 1.16. The van der Waals surface area contributed by atoms with E-state index in [0.717, 1.165) is 17.3 Å². The van der Waals surface area contributed by atoms with Crippen LogP contribution in [-0.4, -0.2) is 16.9 Å². The van der Waals surface area contributed by atoms with Crippen LogP contribution in [0.25, 0.3) is 0 Å². The highest BCUT2D eigenvalue weighted by molar-refractivity contribution is 8.04. The zero-order chi connectivity index (χ0) is 14.7. The Hall–Kier alpha value is -2.13. The first kappa shape index (κ1) is 14.3. The molecule has 4 nitrogen and oxygen atoms in total. The Morgan fingerprint density at radius 2 is 2.10 bits per heavy atom. The summed E-state index contributed by atoms with van der Waals surface area (Å²) < 4.78 is 12.8. The Bertz CT molecular complexity index is 632. The van der Waals surface area contributed by atoms with Crippen LogP contribution in [0.3, 0.4) is 0 Å². The van der Waals surface area contributed by atoms with Crippen molar-refractivity contribution in [3.63, 3.8) is 0 Å². The van der Waals surface area contributed by atoms with E-state index in [4.69, 9.17) is 5.26 Å². The molecule has 1 aromatic carbocycles. The molecule has 1 atom stereocenters. The van der Waals surface area contributed by atoms with E-state index in [9.17, 15) is 14.0 Å². The van der Waals surface area contributed by atoms with E-state index in [1.54, 1.807) is 18.2 Å². The van der Waals surface area contributed by atoms with Crippen LogP contribution >= 0.6 is 11.8 Å². The number of ketones is 1. The second-order valence-corrected chi connectivity index (χ2v) is 5.51. The highest BCUT2D eigenvalue weighted by Crippen LogP contribution is 2.31. The molecule has 0 aromatic heterocycles. The van der Waals surface area contributed by atoms with Gasteiger partial charge in [0.15, 0.2) is 5.78 Å². The summed E-state index contributed by atoms with van der Waals surface area (Å²) in [6, 6.07) is 7.69. The van der Waals surface area contributed by atoms with Gasteiger partial charge >= 0.3 is 0 Å². The zero-order valence-electron chi connectivity index (χ0n) is 10.6. The van der Waals surface area contributed by atoms with Gasteiger partial charge in [0.1, 0.15) is 17.5 Å². The van der Waals surface area contributed by atoms with E-state index in [-0.39, 0.29) is 23.1 Å². The lowest BCUT2D eigenvalue weighted by atomic mass is 10.1. The van der Waals surface area contributed by atoms with E-state index in [1.807, 2.05) is 0 Å². The maximum Gasteiger partial charge on any atom is 0.238 e. The number of hydrogen-bond donors (Lipinski definition) is 1. The fourth-order valence-electron chi connectivity index (χ4n) is 1.80. The van der Waals surface area contributed by atoms with Crippen LogP contribution in [0.4, 0.5) is 4.39 Å². The summed E-state index contributed by atoms with van der Waals surface area (Å²) in [5.74, 6) is -0.956. The minimum atomic E-state index is -0.418.